The van der Waals surface area contributed by atoms with Gasteiger partial charge < -0.3 is 15.8 Å². The van der Waals surface area contributed by atoms with E-state index in [1.165, 1.54) is 0 Å². The fourth-order valence-corrected chi connectivity index (χ4v) is 1.91. The third kappa shape index (κ3) is 6.16. The van der Waals surface area contributed by atoms with Gasteiger partial charge in [-0.25, -0.2) is 0 Å². The highest BCUT2D eigenvalue weighted by atomic mass is 35.5. The lowest BCUT2D eigenvalue weighted by molar-refractivity contribution is -0.119. The van der Waals surface area contributed by atoms with E-state index in [4.69, 9.17) is 10.5 Å². The molecule has 1 amide bonds. The van der Waals surface area contributed by atoms with Crippen LogP contribution in [0.2, 0.25) is 0 Å². The summed E-state index contributed by atoms with van der Waals surface area (Å²) in [7, 11) is 0. The van der Waals surface area contributed by atoms with Crippen molar-refractivity contribution in [1.82, 2.24) is 5.32 Å². The van der Waals surface area contributed by atoms with E-state index in [-0.39, 0.29) is 24.9 Å². The van der Waals surface area contributed by atoms with Crippen molar-refractivity contribution in [3.8, 4) is 5.75 Å². The van der Waals surface area contributed by atoms with Gasteiger partial charge in [0.25, 0.3) is 0 Å². The van der Waals surface area contributed by atoms with Crippen LogP contribution in [0, 0.1) is 0 Å². The van der Waals surface area contributed by atoms with Crippen LogP contribution in [0.1, 0.15) is 11.1 Å². The van der Waals surface area contributed by atoms with Crippen LogP contribution in [-0.2, 0) is 17.8 Å². The molecule has 0 saturated heterocycles. The van der Waals surface area contributed by atoms with Crippen LogP contribution in [0.25, 0.3) is 0 Å². The number of rotatable bonds is 7. The molecule has 0 aliphatic heterocycles. The summed E-state index contributed by atoms with van der Waals surface area (Å²) in [5, 5.41) is 2.75. The molecule has 0 atom stereocenters. The standard InChI is InChI=1S/C17H20N2O2.ClH/c18-12-17(20)19-11-10-14-6-8-16(9-7-14)21-13-15-4-2-1-3-5-15;/h1-9H,10-13,18H2,(H,19,20);1H. The van der Waals surface area contributed by atoms with E-state index in [1.807, 2.05) is 54.6 Å². The Labute approximate surface area is 137 Å². The zero-order valence-corrected chi connectivity index (χ0v) is 13.1. The average Bonchev–Trinajstić information content (AvgIpc) is 2.55. The van der Waals surface area contributed by atoms with Crippen molar-refractivity contribution in [3.05, 3.63) is 65.7 Å². The Balaban J connectivity index is 0.00000242. The van der Waals surface area contributed by atoms with Gasteiger partial charge in [-0.1, -0.05) is 42.5 Å². The monoisotopic (exact) mass is 320 g/mol. The predicted octanol–water partition coefficient (Wildman–Crippen LogP) is 2.30. The normalized spacial score (nSPS) is 9.68. The number of carbonyl (C=O) groups is 1. The maximum atomic E-state index is 11.0. The third-order valence-corrected chi connectivity index (χ3v) is 3.09. The molecule has 3 N–H and O–H groups in total. The summed E-state index contributed by atoms with van der Waals surface area (Å²) in [6.45, 7) is 1.19. The van der Waals surface area contributed by atoms with E-state index in [2.05, 4.69) is 5.32 Å². The minimum absolute atomic E-state index is 0. The van der Waals surface area contributed by atoms with E-state index in [1.54, 1.807) is 0 Å². The van der Waals surface area contributed by atoms with Crippen LogP contribution >= 0.6 is 12.4 Å². The van der Waals surface area contributed by atoms with Crippen molar-refractivity contribution in [2.75, 3.05) is 13.1 Å². The van der Waals surface area contributed by atoms with Gasteiger partial charge in [0.05, 0.1) is 6.54 Å². The largest absolute Gasteiger partial charge is 0.489 e. The molecule has 0 spiro atoms. The lowest BCUT2D eigenvalue weighted by atomic mass is 10.1. The quantitative estimate of drug-likeness (QED) is 0.823. The number of halogens is 1. The first-order valence-electron chi connectivity index (χ1n) is 7.00. The third-order valence-electron chi connectivity index (χ3n) is 3.09. The van der Waals surface area contributed by atoms with Gasteiger partial charge in [0.15, 0.2) is 0 Å². The predicted molar refractivity (Wildman–Crippen MR) is 90.2 cm³/mol. The first-order valence-corrected chi connectivity index (χ1v) is 7.00. The maximum absolute atomic E-state index is 11.0. The van der Waals surface area contributed by atoms with Crippen LogP contribution in [0.15, 0.2) is 54.6 Å². The minimum Gasteiger partial charge on any atom is -0.489 e. The van der Waals surface area contributed by atoms with Crippen molar-refractivity contribution in [2.45, 2.75) is 13.0 Å². The fraction of sp³-hybridized carbons (Fsp3) is 0.235. The fourth-order valence-electron chi connectivity index (χ4n) is 1.91. The van der Waals surface area contributed by atoms with Crippen LogP contribution in [-0.4, -0.2) is 19.0 Å². The van der Waals surface area contributed by atoms with Crippen molar-refractivity contribution in [3.63, 3.8) is 0 Å². The lowest BCUT2D eigenvalue weighted by Crippen LogP contribution is -2.31. The SMILES string of the molecule is Cl.NCC(=O)NCCc1ccc(OCc2ccccc2)cc1. The second-order valence-corrected chi connectivity index (χ2v) is 4.72. The molecule has 0 saturated carbocycles. The number of ether oxygens (including phenoxy) is 1. The molecule has 0 bridgehead atoms. The van der Waals surface area contributed by atoms with Gasteiger partial charge in [-0.3, -0.25) is 4.79 Å². The van der Waals surface area contributed by atoms with E-state index in [9.17, 15) is 4.79 Å². The van der Waals surface area contributed by atoms with E-state index in [0.29, 0.717) is 13.2 Å². The number of hydrogen-bond acceptors (Lipinski definition) is 3. The van der Waals surface area contributed by atoms with Crippen molar-refractivity contribution in [1.29, 1.82) is 0 Å². The highest BCUT2D eigenvalue weighted by Crippen LogP contribution is 2.14. The van der Waals surface area contributed by atoms with Gasteiger partial charge in [-0.05, 0) is 29.7 Å². The number of benzene rings is 2. The molecule has 4 nitrogen and oxygen atoms in total. The summed E-state index contributed by atoms with van der Waals surface area (Å²) >= 11 is 0. The summed E-state index contributed by atoms with van der Waals surface area (Å²) < 4.78 is 5.72. The zero-order chi connectivity index (χ0) is 14.9. The van der Waals surface area contributed by atoms with Gasteiger partial charge in [0, 0.05) is 6.54 Å². The molecular weight excluding hydrogens is 300 g/mol. The molecule has 0 aliphatic rings. The topological polar surface area (TPSA) is 64.4 Å². The van der Waals surface area contributed by atoms with Crippen LogP contribution < -0.4 is 15.8 Å². The summed E-state index contributed by atoms with van der Waals surface area (Å²) in [4.78, 5) is 11.0. The Bertz CT molecular complexity index is 559. The molecule has 0 heterocycles. The summed E-state index contributed by atoms with van der Waals surface area (Å²) in [5.74, 6) is 0.714. The van der Waals surface area contributed by atoms with E-state index < -0.39 is 0 Å². The van der Waals surface area contributed by atoms with Crippen molar-refractivity contribution >= 4 is 18.3 Å². The highest BCUT2D eigenvalue weighted by molar-refractivity contribution is 5.85. The highest BCUT2D eigenvalue weighted by Gasteiger charge is 1.99. The number of nitrogens with two attached hydrogens (primary N) is 1. The Morgan fingerprint density at radius 3 is 2.32 bits per heavy atom. The average molecular weight is 321 g/mol. The Morgan fingerprint density at radius 1 is 1.00 bits per heavy atom. The zero-order valence-electron chi connectivity index (χ0n) is 12.3. The van der Waals surface area contributed by atoms with Gasteiger partial charge >= 0.3 is 0 Å². The van der Waals surface area contributed by atoms with Crippen LogP contribution in [0.4, 0.5) is 0 Å². The summed E-state index contributed by atoms with van der Waals surface area (Å²) in [5.41, 5.74) is 7.52. The van der Waals surface area contributed by atoms with Gasteiger partial charge in [0.1, 0.15) is 12.4 Å². The summed E-state index contributed by atoms with van der Waals surface area (Å²) in [6.07, 6.45) is 0.782. The van der Waals surface area contributed by atoms with E-state index >= 15 is 0 Å². The minimum atomic E-state index is -0.127. The molecule has 0 fully saturated rings. The Kier molecular flexibility index (Phi) is 8.04. The number of nitrogens with one attached hydrogen (secondary N) is 1. The summed E-state index contributed by atoms with van der Waals surface area (Å²) in [6, 6.07) is 18.0. The second kappa shape index (κ2) is 9.82. The molecule has 0 aliphatic carbocycles. The lowest BCUT2D eigenvalue weighted by Gasteiger charge is -2.08. The van der Waals surface area contributed by atoms with Crippen molar-refractivity contribution in [2.24, 2.45) is 5.73 Å². The molecular formula is C17H21ClN2O2. The molecule has 2 aromatic carbocycles. The molecule has 2 rings (SSSR count). The van der Waals surface area contributed by atoms with E-state index in [0.717, 1.165) is 23.3 Å². The number of hydrogen-bond donors (Lipinski definition) is 2. The number of carbonyl (C=O) groups excluding carboxylic acids is 1. The van der Waals surface area contributed by atoms with Gasteiger partial charge in [-0.15, -0.1) is 12.4 Å². The smallest absolute Gasteiger partial charge is 0.233 e. The maximum Gasteiger partial charge on any atom is 0.233 e. The van der Waals surface area contributed by atoms with Gasteiger partial charge in [-0.2, -0.15) is 0 Å². The Morgan fingerprint density at radius 2 is 1.68 bits per heavy atom. The van der Waals surface area contributed by atoms with Crippen LogP contribution in [0.3, 0.4) is 0 Å². The molecule has 0 unspecified atom stereocenters. The molecule has 22 heavy (non-hydrogen) atoms. The second-order valence-electron chi connectivity index (χ2n) is 4.72. The first-order chi connectivity index (χ1) is 10.3. The Hall–Kier alpha value is -2.04. The molecule has 0 radical (unpaired) electrons. The van der Waals surface area contributed by atoms with Crippen LogP contribution in [0.5, 0.6) is 5.75 Å². The molecule has 118 valence electrons. The first kappa shape index (κ1) is 18.0. The molecule has 5 heteroatoms. The number of amides is 1. The van der Waals surface area contributed by atoms with Crippen molar-refractivity contribution < 1.29 is 9.53 Å². The van der Waals surface area contributed by atoms with Gasteiger partial charge in [0.2, 0.25) is 5.91 Å². The molecule has 2 aromatic rings. The molecule has 0 aromatic heterocycles.